The van der Waals surface area contributed by atoms with Crippen LogP contribution in [0.5, 0.6) is 0 Å². The van der Waals surface area contributed by atoms with Crippen molar-refractivity contribution in [1.29, 1.82) is 0 Å². The molecule has 1 N–H and O–H groups in total. The highest BCUT2D eigenvalue weighted by atomic mass is 16.4. The van der Waals surface area contributed by atoms with E-state index < -0.39 is 5.97 Å². The Hall–Kier alpha value is -1.36. The SMILES string of the molecule is CCn1nccc1CN1CC2CCCC2C1C(=O)O. The summed E-state index contributed by atoms with van der Waals surface area (Å²) in [4.78, 5) is 13.7. The van der Waals surface area contributed by atoms with Crippen LogP contribution in [0.25, 0.3) is 0 Å². The number of carboxylic acid groups (broad SMARTS) is 1. The largest absolute Gasteiger partial charge is 0.480 e. The minimum absolute atomic E-state index is 0.298. The van der Waals surface area contributed by atoms with Gasteiger partial charge in [0.1, 0.15) is 6.04 Å². The number of aryl methyl sites for hydroxylation is 1. The average molecular weight is 263 g/mol. The summed E-state index contributed by atoms with van der Waals surface area (Å²) >= 11 is 0. The second-order valence-corrected chi connectivity index (χ2v) is 5.71. The third-order valence-corrected chi connectivity index (χ3v) is 4.71. The first-order valence-electron chi connectivity index (χ1n) is 7.18. The van der Waals surface area contributed by atoms with Gasteiger partial charge in [-0.15, -0.1) is 0 Å². The van der Waals surface area contributed by atoms with E-state index in [9.17, 15) is 9.90 Å². The number of nitrogens with zero attached hydrogens (tertiary/aromatic N) is 3. The monoisotopic (exact) mass is 263 g/mol. The molecular formula is C14H21N3O2. The maximum Gasteiger partial charge on any atom is 0.321 e. The number of fused-ring (bicyclic) bond motifs is 1. The molecule has 2 fully saturated rings. The molecule has 19 heavy (non-hydrogen) atoms. The van der Waals surface area contributed by atoms with Gasteiger partial charge in [-0.3, -0.25) is 14.4 Å². The number of aromatic nitrogens is 2. The molecule has 1 saturated carbocycles. The summed E-state index contributed by atoms with van der Waals surface area (Å²) in [5.41, 5.74) is 1.12. The Kier molecular flexibility index (Phi) is 3.31. The molecule has 0 bridgehead atoms. The third kappa shape index (κ3) is 2.16. The predicted octanol–water partition coefficient (Wildman–Crippen LogP) is 1.59. The second kappa shape index (κ2) is 4.96. The van der Waals surface area contributed by atoms with E-state index in [2.05, 4.69) is 16.9 Å². The molecule has 1 aromatic heterocycles. The maximum absolute atomic E-state index is 11.6. The third-order valence-electron chi connectivity index (χ3n) is 4.71. The zero-order valence-corrected chi connectivity index (χ0v) is 11.3. The van der Waals surface area contributed by atoms with Crippen molar-refractivity contribution in [2.75, 3.05) is 6.54 Å². The average Bonchev–Trinajstić information content (AvgIpc) is 3.03. The Labute approximate surface area is 113 Å². The summed E-state index contributed by atoms with van der Waals surface area (Å²) in [7, 11) is 0. The zero-order valence-electron chi connectivity index (χ0n) is 11.3. The van der Waals surface area contributed by atoms with Crippen LogP contribution in [0.2, 0.25) is 0 Å². The molecule has 3 unspecified atom stereocenters. The smallest absolute Gasteiger partial charge is 0.321 e. The summed E-state index contributed by atoms with van der Waals surface area (Å²) in [5, 5.41) is 13.8. The highest BCUT2D eigenvalue weighted by Gasteiger charge is 2.47. The molecule has 2 heterocycles. The summed E-state index contributed by atoms with van der Waals surface area (Å²) in [6.45, 7) is 4.53. The quantitative estimate of drug-likeness (QED) is 0.896. The molecule has 0 radical (unpaired) electrons. The van der Waals surface area contributed by atoms with E-state index >= 15 is 0 Å². The Morgan fingerprint density at radius 1 is 1.53 bits per heavy atom. The van der Waals surface area contributed by atoms with Crippen molar-refractivity contribution in [1.82, 2.24) is 14.7 Å². The Morgan fingerprint density at radius 3 is 3.11 bits per heavy atom. The van der Waals surface area contributed by atoms with Crippen LogP contribution in [0.1, 0.15) is 31.9 Å². The van der Waals surface area contributed by atoms with Crippen LogP contribution in [-0.4, -0.2) is 38.3 Å². The van der Waals surface area contributed by atoms with Crippen molar-refractivity contribution in [3.63, 3.8) is 0 Å². The summed E-state index contributed by atoms with van der Waals surface area (Å²) in [5.74, 6) is 0.284. The van der Waals surface area contributed by atoms with Gasteiger partial charge in [0, 0.05) is 25.8 Å². The zero-order chi connectivity index (χ0) is 13.4. The fraction of sp³-hybridized carbons (Fsp3) is 0.714. The topological polar surface area (TPSA) is 58.4 Å². The van der Waals surface area contributed by atoms with E-state index in [0.29, 0.717) is 18.4 Å². The van der Waals surface area contributed by atoms with Crippen LogP contribution >= 0.6 is 0 Å². The van der Waals surface area contributed by atoms with Gasteiger partial charge in [0.2, 0.25) is 0 Å². The number of carboxylic acids is 1. The van der Waals surface area contributed by atoms with Crippen LogP contribution in [0.15, 0.2) is 12.3 Å². The van der Waals surface area contributed by atoms with Gasteiger partial charge in [-0.25, -0.2) is 0 Å². The number of rotatable bonds is 4. The van der Waals surface area contributed by atoms with Gasteiger partial charge in [-0.05, 0) is 37.7 Å². The lowest BCUT2D eigenvalue weighted by atomic mass is 9.94. The van der Waals surface area contributed by atoms with Crippen molar-refractivity contribution >= 4 is 5.97 Å². The highest BCUT2D eigenvalue weighted by molar-refractivity contribution is 5.74. The van der Waals surface area contributed by atoms with Crippen molar-refractivity contribution in [3.05, 3.63) is 18.0 Å². The van der Waals surface area contributed by atoms with Crippen molar-refractivity contribution in [2.24, 2.45) is 11.8 Å². The molecule has 1 aliphatic heterocycles. The molecule has 5 heteroatoms. The molecule has 1 saturated heterocycles. The summed E-state index contributed by atoms with van der Waals surface area (Å²) in [6, 6.07) is 1.70. The van der Waals surface area contributed by atoms with Gasteiger partial charge in [0.05, 0.1) is 5.69 Å². The lowest BCUT2D eigenvalue weighted by Gasteiger charge is -2.24. The van der Waals surface area contributed by atoms with Crippen molar-refractivity contribution in [2.45, 2.75) is 45.3 Å². The highest BCUT2D eigenvalue weighted by Crippen LogP contribution is 2.42. The Morgan fingerprint density at radius 2 is 2.37 bits per heavy atom. The van der Waals surface area contributed by atoms with Crippen molar-refractivity contribution < 1.29 is 9.90 Å². The Bertz CT molecular complexity index is 471. The fourth-order valence-corrected chi connectivity index (χ4v) is 3.88. The lowest BCUT2D eigenvalue weighted by Crippen LogP contribution is -2.39. The molecule has 3 rings (SSSR count). The summed E-state index contributed by atoms with van der Waals surface area (Å²) in [6.07, 6.45) is 5.26. The van der Waals surface area contributed by atoms with Crippen LogP contribution in [-0.2, 0) is 17.9 Å². The molecule has 104 valence electrons. The van der Waals surface area contributed by atoms with Crippen LogP contribution in [0, 0.1) is 11.8 Å². The predicted molar refractivity (Wildman–Crippen MR) is 70.6 cm³/mol. The first-order valence-corrected chi connectivity index (χ1v) is 7.18. The van der Waals surface area contributed by atoms with Gasteiger partial charge in [-0.2, -0.15) is 5.10 Å². The number of likely N-dealkylation sites (tertiary alicyclic amines) is 1. The normalized spacial score (nSPS) is 30.7. The van der Waals surface area contributed by atoms with Gasteiger partial charge in [0.15, 0.2) is 0 Å². The molecule has 0 amide bonds. The van der Waals surface area contributed by atoms with E-state index in [1.807, 2.05) is 10.7 Å². The molecule has 2 aliphatic rings. The van der Waals surface area contributed by atoms with E-state index in [4.69, 9.17) is 0 Å². The minimum atomic E-state index is -0.656. The molecule has 1 aromatic rings. The van der Waals surface area contributed by atoms with Crippen molar-refractivity contribution in [3.8, 4) is 0 Å². The van der Waals surface area contributed by atoms with Crippen LogP contribution < -0.4 is 0 Å². The minimum Gasteiger partial charge on any atom is -0.480 e. The van der Waals surface area contributed by atoms with E-state index in [-0.39, 0.29) is 6.04 Å². The Balaban J connectivity index is 1.78. The first kappa shape index (κ1) is 12.7. The van der Waals surface area contributed by atoms with E-state index in [1.165, 1.54) is 12.8 Å². The van der Waals surface area contributed by atoms with E-state index in [0.717, 1.165) is 25.2 Å². The number of hydrogen-bond donors (Lipinski definition) is 1. The fourth-order valence-electron chi connectivity index (χ4n) is 3.88. The number of hydrogen-bond acceptors (Lipinski definition) is 3. The molecule has 0 spiro atoms. The first-order chi connectivity index (χ1) is 9.20. The standard InChI is InChI=1S/C14H21N3O2/c1-2-17-11(6-7-15-17)9-16-8-10-4-3-5-12(10)13(16)14(18)19/h6-7,10,12-13H,2-5,8-9H2,1H3,(H,18,19). The van der Waals surface area contributed by atoms with Crippen LogP contribution in [0.3, 0.4) is 0 Å². The van der Waals surface area contributed by atoms with Gasteiger partial charge in [0.25, 0.3) is 0 Å². The van der Waals surface area contributed by atoms with E-state index in [1.54, 1.807) is 6.20 Å². The molecular weight excluding hydrogens is 242 g/mol. The lowest BCUT2D eigenvalue weighted by molar-refractivity contribution is -0.143. The van der Waals surface area contributed by atoms with Gasteiger partial charge >= 0.3 is 5.97 Å². The molecule has 0 aromatic carbocycles. The maximum atomic E-state index is 11.6. The second-order valence-electron chi connectivity index (χ2n) is 5.71. The number of carbonyl (C=O) groups is 1. The van der Waals surface area contributed by atoms with Crippen LogP contribution in [0.4, 0.5) is 0 Å². The van der Waals surface area contributed by atoms with Gasteiger partial charge < -0.3 is 5.11 Å². The molecule has 5 nitrogen and oxygen atoms in total. The van der Waals surface area contributed by atoms with Gasteiger partial charge in [-0.1, -0.05) is 6.42 Å². The number of aliphatic carboxylic acids is 1. The molecule has 1 aliphatic carbocycles. The molecule has 3 atom stereocenters. The summed E-state index contributed by atoms with van der Waals surface area (Å²) < 4.78 is 1.95.